The third kappa shape index (κ3) is 4.93. The number of methoxy groups -OCH3 is 1. The molecule has 1 amide bonds. The predicted molar refractivity (Wildman–Crippen MR) is 111 cm³/mol. The molecule has 1 aromatic heterocycles. The maximum atomic E-state index is 12.9. The zero-order chi connectivity index (χ0) is 19.4. The fourth-order valence-corrected chi connectivity index (χ4v) is 5.35. The van der Waals surface area contributed by atoms with E-state index in [4.69, 9.17) is 4.74 Å². The summed E-state index contributed by atoms with van der Waals surface area (Å²) in [5.41, 5.74) is 0.920. The van der Waals surface area contributed by atoms with Gasteiger partial charge in [-0.3, -0.25) is 4.79 Å². The van der Waals surface area contributed by atoms with Gasteiger partial charge >= 0.3 is 0 Å². The molecule has 0 aliphatic carbocycles. The molecule has 2 aromatic rings. The zero-order valence-electron chi connectivity index (χ0n) is 16.1. The highest BCUT2D eigenvalue weighted by molar-refractivity contribution is 8.02. The Morgan fingerprint density at radius 3 is 2.56 bits per heavy atom. The van der Waals surface area contributed by atoms with Crippen molar-refractivity contribution in [2.24, 2.45) is 0 Å². The third-order valence-electron chi connectivity index (χ3n) is 4.82. The maximum absolute atomic E-state index is 12.9. The van der Waals surface area contributed by atoms with Crippen LogP contribution < -0.4 is 10.1 Å². The van der Waals surface area contributed by atoms with E-state index in [1.54, 1.807) is 7.11 Å². The van der Waals surface area contributed by atoms with Crippen molar-refractivity contribution >= 4 is 39.8 Å². The van der Waals surface area contributed by atoms with Gasteiger partial charge in [0.05, 0.1) is 12.4 Å². The molecular formula is C19H26N4O2S2. The number of ether oxygens (including phenoxy) is 1. The first kappa shape index (κ1) is 19.9. The van der Waals surface area contributed by atoms with E-state index >= 15 is 0 Å². The monoisotopic (exact) mass is 406 g/mol. The van der Waals surface area contributed by atoms with Crippen LogP contribution in [0.3, 0.4) is 0 Å². The summed E-state index contributed by atoms with van der Waals surface area (Å²) in [4.78, 5) is 15.0. The van der Waals surface area contributed by atoms with Crippen molar-refractivity contribution in [2.75, 3.05) is 12.4 Å². The van der Waals surface area contributed by atoms with Crippen molar-refractivity contribution in [3.05, 3.63) is 24.3 Å². The normalized spacial score (nSPS) is 21.0. The Bertz CT molecular complexity index is 755. The van der Waals surface area contributed by atoms with Crippen molar-refractivity contribution in [3.8, 4) is 5.75 Å². The SMILES string of the molecule is COc1ccc(Nc2nnc(S[C@H](C)C(=O)N3[C@H](C)CCC[C@@H]3C)s2)cc1. The number of carbonyl (C=O) groups is 1. The van der Waals surface area contributed by atoms with Crippen LogP contribution in [0.25, 0.3) is 0 Å². The third-order valence-corrected chi connectivity index (χ3v) is 6.83. The molecule has 2 heterocycles. The van der Waals surface area contributed by atoms with E-state index in [0.29, 0.717) is 17.2 Å². The minimum Gasteiger partial charge on any atom is -0.497 e. The smallest absolute Gasteiger partial charge is 0.236 e. The summed E-state index contributed by atoms with van der Waals surface area (Å²) < 4.78 is 5.96. The Labute approximate surface area is 168 Å². The van der Waals surface area contributed by atoms with E-state index in [2.05, 4.69) is 34.3 Å². The fraction of sp³-hybridized carbons (Fsp3) is 0.526. The number of rotatable bonds is 6. The number of aromatic nitrogens is 2. The average molecular weight is 407 g/mol. The highest BCUT2D eigenvalue weighted by atomic mass is 32.2. The molecule has 1 saturated heterocycles. The molecule has 1 N–H and O–H groups in total. The molecule has 0 radical (unpaired) electrons. The van der Waals surface area contributed by atoms with E-state index in [9.17, 15) is 4.79 Å². The maximum Gasteiger partial charge on any atom is 0.236 e. The van der Waals surface area contributed by atoms with E-state index in [1.807, 2.05) is 31.2 Å². The average Bonchev–Trinajstić information content (AvgIpc) is 3.09. The number of hydrogen-bond donors (Lipinski definition) is 1. The molecule has 0 unspecified atom stereocenters. The Morgan fingerprint density at radius 1 is 1.26 bits per heavy atom. The first-order valence-corrected chi connectivity index (χ1v) is 10.9. The number of amides is 1. The van der Waals surface area contributed by atoms with Gasteiger partial charge in [0.2, 0.25) is 11.0 Å². The van der Waals surface area contributed by atoms with Crippen LogP contribution in [0, 0.1) is 0 Å². The molecule has 8 heteroatoms. The van der Waals surface area contributed by atoms with Gasteiger partial charge in [0.25, 0.3) is 0 Å². The van der Waals surface area contributed by atoms with E-state index in [1.165, 1.54) is 29.5 Å². The number of thioether (sulfide) groups is 1. The van der Waals surface area contributed by atoms with Crippen molar-refractivity contribution in [1.82, 2.24) is 15.1 Å². The van der Waals surface area contributed by atoms with Crippen LogP contribution in [0.5, 0.6) is 5.75 Å². The van der Waals surface area contributed by atoms with Crippen molar-refractivity contribution in [1.29, 1.82) is 0 Å². The summed E-state index contributed by atoms with van der Waals surface area (Å²) >= 11 is 2.94. The largest absolute Gasteiger partial charge is 0.497 e. The van der Waals surface area contributed by atoms with Crippen molar-refractivity contribution in [3.63, 3.8) is 0 Å². The first-order valence-electron chi connectivity index (χ1n) is 9.21. The summed E-state index contributed by atoms with van der Waals surface area (Å²) in [6.45, 7) is 6.25. The van der Waals surface area contributed by atoms with Crippen LogP contribution >= 0.6 is 23.1 Å². The van der Waals surface area contributed by atoms with Crippen LogP contribution in [-0.4, -0.2) is 45.4 Å². The van der Waals surface area contributed by atoms with E-state index in [0.717, 1.165) is 28.6 Å². The lowest BCUT2D eigenvalue weighted by Crippen LogP contribution is -2.50. The van der Waals surface area contributed by atoms with Crippen molar-refractivity contribution in [2.45, 2.75) is 61.7 Å². The molecule has 0 bridgehead atoms. The number of piperidine rings is 1. The van der Waals surface area contributed by atoms with Gasteiger partial charge in [0.15, 0.2) is 4.34 Å². The lowest BCUT2D eigenvalue weighted by molar-refractivity contribution is -0.136. The molecule has 6 nitrogen and oxygen atoms in total. The van der Waals surface area contributed by atoms with Crippen LogP contribution in [0.4, 0.5) is 10.8 Å². The van der Waals surface area contributed by atoms with Crippen LogP contribution in [0.15, 0.2) is 28.6 Å². The van der Waals surface area contributed by atoms with Gasteiger partial charge in [-0.25, -0.2) is 0 Å². The van der Waals surface area contributed by atoms with Crippen molar-refractivity contribution < 1.29 is 9.53 Å². The molecule has 27 heavy (non-hydrogen) atoms. The van der Waals surface area contributed by atoms with Gasteiger partial charge in [0, 0.05) is 17.8 Å². The topological polar surface area (TPSA) is 67.3 Å². The standard InChI is InChI=1S/C19H26N4O2S2/c1-12-6-5-7-13(2)23(12)17(24)14(3)26-19-22-21-18(27-19)20-15-8-10-16(25-4)11-9-15/h8-14H,5-7H2,1-4H3,(H,20,21)/t12-,13+,14-/m1/s1. The summed E-state index contributed by atoms with van der Waals surface area (Å²) in [6.07, 6.45) is 3.37. The molecule has 3 rings (SSSR count). The molecule has 1 aliphatic rings. The summed E-state index contributed by atoms with van der Waals surface area (Å²) in [7, 11) is 1.64. The summed E-state index contributed by atoms with van der Waals surface area (Å²) in [5.74, 6) is 1.00. The minimum atomic E-state index is -0.171. The molecule has 1 fully saturated rings. The number of nitrogens with one attached hydrogen (secondary N) is 1. The van der Waals surface area contributed by atoms with Crippen LogP contribution in [-0.2, 0) is 4.79 Å². The van der Waals surface area contributed by atoms with E-state index in [-0.39, 0.29) is 11.2 Å². The number of carbonyl (C=O) groups excluding carboxylic acids is 1. The number of hydrogen-bond acceptors (Lipinski definition) is 7. The Hall–Kier alpha value is -1.80. The summed E-state index contributed by atoms with van der Waals surface area (Å²) in [5, 5.41) is 12.2. The second-order valence-corrected chi connectivity index (χ2v) is 9.43. The molecule has 0 spiro atoms. The van der Waals surface area contributed by atoms with E-state index < -0.39 is 0 Å². The Morgan fingerprint density at radius 2 is 1.93 bits per heavy atom. The van der Waals surface area contributed by atoms with Gasteiger partial charge < -0.3 is 15.0 Å². The molecule has 146 valence electrons. The molecule has 1 aromatic carbocycles. The molecular weight excluding hydrogens is 380 g/mol. The van der Waals surface area contributed by atoms with Gasteiger partial charge in [-0.05, 0) is 64.3 Å². The minimum absolute atomic E-state index is 0.171. The second kappa shape index (κ2) is 8.93. The fourth-order valence-electron chi connectivity index (χ4n) is 3.37. The lowest BCUT2D eigenvalue weighted by atomic mass is 9.97. The number of anilines is 2. The predicted octanol–water partition coefficient (Wildman–Crippen LogP) is 4.56. The molecule has 1 aliphatic heterocycles. The highest BCUT2D eigenvalue weighted by Crippen LogP contribution is 2.33. The van der Waals surface area contributed by atoms with Gasteiger partial charge in [0.1, 0.15) is 5.75 Å². The van der Waals surface area contributed by atoms with Gasteiger partial charge in [-0.15, -0.1) is 10.2 Å². The second-order valence-electron chi connectivity index (χ2n) is 6.86. The Kier molecular flexibility index (Phi) is 6.59. The lowest BCUT2D eigenvalue weighted by Gasteiger charge is -2.40. The quantitative estimate of drug-likeness (QED) is 0.709. The number of likely N-dealkylation sites (tertiary alicyclic amines) is 1. The molecule has 0 saturated carbocycles. The molecule has 3 atom stereocenters. The van der Waals surface area contributed by atoms with Crippen LogP contribution in [0.2, 0.25) is 0 Å². The highest BCUT2D eigenvalue weighted by Gasteiger charge is 2.32. The van der Waals surface area contributed by atoms with Gasteiger partial charge in [-0.2, -0.15) is 0 Å². The Balaban J connectivity index is 1.60. The summed E-state index contributed by atoms with van der Waals surface area (Å²) in [6, 6.07) is 8.26. The van der Waals surface area contributed by atoms with Gasteiger partial charge in [-0.1, -0.05) is 23.1 Å². The first-order chi connectivity index (χ1) is 13.0. The number of benzene rings is 1. The zero-order valence-corrected chi connectivity index (χ0v) is 17.8. The number of nitrogens with zero attached hydrogens (tertiary/aromatic N) is 3. The van der Waals surface area contributed by atoms with Crippen LogP contribution in [0.1, 0.15) is 40.0 Å².